The maximum Gasteiger partial charge on any atom is 0.328 e. The Bertz CT molecular complexity index is 1020. The Labute approximate surface area is 148 Å². The van der Waals surface area contributed by atoms with Crippen LogP contribution < -0.4 is 16.6 Å². The maximum absolute atomic E-state index is 12.0. The lowest BCUT2D eigenvalue weighted by Crippen LogP contribution is -2.32. The quantitative estimate of drug-likeness (QED) is 0.733. The Balaban J connectivity index is 1.68. The van der Waals surface area contributed by atoms with E-state index in [2.05, 4.69) is 10.3 Å². The minimum Gasteiger partial charge on any atom is -0.352 e. The number of amides is 1. The van der Waals surface area contributed by atoms with Crippen molar-refractivity contribution in [3.63, 3.8) is 0 Å². The lowest BCUT2D eigenvalue weighted by Gasteiger charge is -2.10. The van der Waals surface area contributed by atoms with E-state index in [4.69, 9.17) is 11.6 Å². The predicted octanol–water partition coefficient (Wildman–Crippen LogP) is 2.05. The lowest BCUT2D eigenvalue weighted by molar-refractivity contribution is -0.121. The number of carbonyl (C=O) groups excluding carboxylic acids is 1. The molecule has 0 spiro atoms. The van der Waals surface area contributed by atoms with E-state index >= 15 is 0 Å². The lowest BCUT2D eigenvalue weighted by atomic mass is 10.2. The van der Waals surface area contributed by atoms with Crippen molar-refractivity contribution in [3.8, 4) is 0 Å². The number of hydrogen-bond donors (Lipinski definition) is 2. The van der Waals surface area contributed by atoms with Gasteiger partial charge in [-0.3, -0.25) is 19.1 Å². The Kier molecular flexibility index (Phi) is 5.00. The number of aryl methyl sites for hydroxylation is 1. The predicted molar refractivity (Wildman–Crippen MR) is 96.7 cm³/mol. The van der Waals surface area contributed by atoms with Crippen LogP contribution in [-0.2, 0) is 17.9 Å². The minimum atomic E-state index is -0.519. The summed E-state index contributed by atoms with van der Waals surface area (Å²) >= 11 is 5.82. The first-order valence-electron chi connectivity index (χ1n) is 7.77. The van der Waals surface area contributed by atoms with Gasteiger partial charge in [-0.15, -0.1) is 0 Å². The number of nitrogens with one attached hydrogen (secondary N) is 2. The molecule has 1 heterocycles. The summed E-state index contributed by atoms with van der Waals surface area (Å²) in [5.41, 5.74) is 0.504. The molecule has 2 aromatic carbocycles. The summed E-state index contributed by atoms with van der Waals surface area (Å²) in [6.45, 7) is 0.569. The van der Waals surface area contributed by atoms with Crippen LogP contribution in [0.4, 0.5) is 0 Å². The summed E-state index contributed by atoms with van der Waals surface area (Å²) in [4.78, 5) is 38.2. The van der Waals surface area contributed by atoms with Crippen LogP contribution in [-0.4, -0.2) is 15.5 Å². The van der Waals surface area contributed by atoms with E-state index in [1.807, 2.05) is 12.1 Å². The summed E-state index contributed by atoms with van der Waals surface area (Å²) in [7, 11) is 0. The number of H-pyrrole nitrogens is 1. The smallest absolute Gasteiger partial charge is 0.328 e. The number of hydrogen-bond acceptors (Lipinski definition) is 3. The van der Waals surface area contributed by atoms with Gasteiger partial charge in [-0.2, -0.15) is 0 Å². The molecule has 0 fully saturated rings. The molecule has 3 rings (SSSR count). The first-order chi connectivity index (χ1) is 12.0. The molecule has 1 aromatic heterocycles. The molecule has 0 aliphatic heterocycles. The molecule has 25 heavy (non-hydrogen) atoms. The van der Waals surface area contributed by atoms with Crippen molar-refractivity contribution >= 4 is 28.4 Å². The fourth-order valence-electron chi connectivity index (χ4n) is 2.57. The number of rotatable bonds is 5. The van der Waals surface area contributed by atoms with E-state index in [0.29, 0.717) is 22.5 Å². The van der Waals surface area contributed by atoms with Crippen LogP contribution in [0, 0.1) is 0 Å². The fraction of sp³-hybridized carbons (Fsp3) is 0.167. The van der Waals surface area contributed by atoms with E-state index < -0.39 is 11.2 Å². The second-order valence-electron chi connectivity index (χ2n) is 5.58. The van der Waals surface area contributed by atoms with Gasteiger partial charge in [0.15, 0.2) is 0 Å². The van der Waals surface area contributed by atoms with Gasteiger partial charge in [-0.1, -0.05) is 35.9 Å². The molecule has 2 N–H and O–H groups in total. The molecule has 0 radical (unpaired) electrons. The van der Waals surface area contributed by atoms with Crippen LogP contribution >= 0.6 is 11.6 Å². The van der Waals surface area contributed by atoms with Gasteiger partial charge in [0.05, 0.1) is 10.9 Å². The number of aromatic amines is 1. The molecular formula is C18H16ClN3O3. The van der Waals surface area contributed by atoms with Gasteiger partial charge in [-0.05, 0) is 29.8 Å². The zero-order valence-electron chi connectivity index (χ0n) is 13.3. The summed E-state index contributed by atoms with van der Waals surface area (Å²) < 4.78 is 1.40. The summed E-state index contributed by atoms with van der Waals surface area (Å²) in [5.74, 6) is -0.183. The largest absolute Gasteiger partial charge is 0.352 e. The number of benzene rings is 2. The zero-order valence-corrected chi connectivity index (χ0v) is 14.0. The van der Waals surface area contributed by atoms with Crippen LogP contribution in [0.5, 0.6) is 0 Å². The molecule has 0 aliphatic rings. The highest BCUT2D eigenvalue weighted by atomic mass is 35.5. The van der Waals surface area contributed by atoms with Gasteiger partial charge in [-0.25, -0.2) is 4.79 Å². The van der Waals surface area contributed by atoms with Crippen molar-refractivity contribution in [2.45, 2.75) is 19.5 Å². The fourth-order valence-corrected chi connectivity index (χ4v) is 2.69. The van der Waals surface area contributed by atoms with Crippen molar-refractivity contribution in [1.82, 2.24) is 14.9 Å². The van der Waals surface area contributed by atoms with Crippen molar-refractivity contribution in [2.24, 2.45) is 0 Å². The van der Waals surface area contributed by atoms with E-state index in [1.165, 1.54) is 4.57 Å². The van der Waals surface area contributed by atoms with Gasteiger partial charge in [0.25, 0.3) is 5.56 Å². The van der Waals surface area contributed by atoms with Gasteiger partial charge < -0.3 is 5.32 Å². The number of fused-ring (bicyclic) bond motifs is 1. The number of para-hydroxylation sites is 1. The molecule has 3 aromatic rings. The average Bonchev–Trinajstić information content (AvgIpc) is 2.61. The van der Waals surface area contributed by atoms with E-state index in [9.17, 15) is 14.4 Å². The number of aromatic nitrogens is 2. The van der Waals surface area contributed by atoms with E-state index in [0.717, 1.165) is 5.56 Å². The molecule has 0 aliphatic carbocycles. The molecule has 6 nitrogen and oxygen atoms in total. The number of carbonyl (C=O) groups is 1. The van der Waals surface area contributed by atoms with Crippen molar-refractivity contribution in [3.05, 3.63) is 80.0 Å². The topological polar surface area (TPSA) is 84.0 Å². The first-order valence-corrected chi connectivity index (χ1v) is 8.15. The van der Waals surface area contributed by atoms with Crippen LogP contribution in [0.25, 0.3) is 10.9 Å². The normalized spacial score (nSPS) is 10.8. The van der Waals surface area contributed by atoms with Gasteiger partial charge in [0.2, 0.25) is 5.91 Å². The summed E-state index contributed by atoms with van der Waals surface area (Å²) in [6, 6.07) is 14.0. The van der Waals surface area contributed by atoms with Crippen molar-refractivity contribution in [2.75, 3.05) is 0 Å². The van der Waals surface area contributed by atoms with Crippen LogP contribution in [0.2, 0.25) is 5.02 Å². The number of nitrogens with zero attached hydrogens (tertiary/aromatic N) is 1. The van der Waals surface area contributed by atoms with Crippen molar-refractivity contribution in [1.29, 1.82) is 0 Å². The third-order valence-electron chi connectivity index (χ3n) is 3.87. The van der Waals surface area contributed by atoms with E-state index in [-0.39, 0.29) is 18.9 Å². The molecule has 0 saturated heterocycles. The van der Waals surface area contributed by atoms with Gasteiger partial charge in [0, 0.05) is 24.5 Å². The Morgan fingerprint density at radius 2 is 1.80 bits per heavy atom. The standard InChI is InChI=1S/C18H16ClN3O3/c19-13-7-5-12(6-8-13)11-20-16(23)9-10-22-15-4-2-1-3-14(15)17(24)21-18(22)25/h1-8H,9-11H2,(H,20,23)(H,21,24,25). The zero-order chi connectivity index (χ0) is 17.8. The van der Waals surface area contributed by atoms with Gasteiger partial charge in [0.1, 0.15) is 0 Å². The first kappa shape index (κ1) is 17.0. The van der Waals surface area contributed by atoms with Crippen LogP contribution in [0.3, 0.4) is 0 Å². The molecule has 1 amide bonds. The van der Waals surface area contributed by atoms with E-state index in [1.54, 1.807) is 36.4 Å². The molecule has 0 unspecified atom stereocenters. The average molecular weight is 358 g/mol. The van der Waals surface area contributed by atoms with Crippen LogP contribution in [0.15, 0.2) is 58.1 Å². The second-order valence-corrected chi connectivity index (χ2v) is 6.02. The molecule has 0 saturated carbocycles. The highest BCUT2D eigenvalue weighted by molar-refractivity contribution is 6.30. The minimum absolute atomic E-state index is 0.129. The summed E-state index contributed by atoms with van der Waals surface area (Å²) in [6.07, 6.45) is 0.129. The third kappa shape index (κ3) is 3.97. The highest BCUT2D eigenvalue weighted by Crippen LogP contribution is 2.09. The molecule has 0 bridgehead atoms. The Hall–Kier alpha value is -2.86. The monoisotopic (exact) mass is 357 g/mol. The SMILES string of the molecule is O=C(CCn1c(=O)[nH]c(=O)c2ccccc21)NCc1ccc(Cl)cc1. The molecule has 0 atom stereocenters. The van der Waals surface area contributed by atoms with Gasteiger partial charge >= 0.3 is 5.69 Å². The van der Waals surface area contributed by atoms with Crippen molar-refractivity contribution < 1.29 is 4.79 Å². The maximum atomic E-state index is 12.0. The molecular weight excluding hydrogens is 342 g/mol. The summed E-state index contributed by atoms with van der Waals surface area (Å²) in [5, 5.41) is 3.86. The second kappa shape index (κ2) is 7.36. The number of halogens is 1. The molecule has 7 heteroatoms. The third-order valence-corrected chi connectivity index (χ3v) is 4.12. The Morgan fingerprint density at radius 1 is 1.08 bits per heavy atom. The molecule has 128 valence electrons. The highest BCUT2D eigenvalue weighted by Gasteiger charge is 2.09. The van der Waals surface area contributed by atoms with Crippen LogP contribution in [0.1, 0.15) is 12.0 Å². The Morgan fingerprint density at radius 3 is 2.56 bits per heavy atom.